The zero-order chi connectivity index (χ0) is 14.5. The Labute approximate surface area is 124 Å². The largest absolute Gasteiger partial charge is 0.312 e. The monoisotopic (exact) mass is 289 g/mol. The highest BCUT2D eigenvalue weighted by Gasteiger charge is 2.13. The smallest absolute Gasteiger partial charge is 0.136 e. The number of halogens is 1. The number of aryl methyl sites for hydroxylation is 2. The third-order valence-corrected chi connectivity index (χ3v) is 4.53. The van der Waals surface area contributed by atoms with Gasteiger partial charge in [-0.2, -0.15) is 0 Å². The molecule has 0 spiro atoms. The molecule has 1 N–H and O–H groups in total. The lowest BCUT2D eigenvalue weighted by molar-refractivity contribution is 0.600. The normalized spacial score (nSPS) is 12.4. The fourth-order valence-corrected chi connectivity index (χ4v) is 3.35. The van der Waals surface area contributed by atoms with Crippen LogP contribution in [0.4, 0.5) is 4.39 Å². The average Bonchev–Trinajstić information content (AvgIpc) is 2.43. The van der Waals surface area contributed by atoms with Crippen LogP contribution in [-0.4, -0.2) is 12.8 Å². The van der Waals surface area contributed by atoms with Gasteiger partial charge in [-0.3, -0.25) is 0 Å². The molecule has 0 amide bonds. The van der Waals surface area contributed by atoms with Gasteiger partial charge < -0.3 is 5.32 Å². The van der Waals surface area contributed by atoms with Crippen LogP contribution in [0, 0.1) is 19.7 Å². The van der Waals surface area contributed by atoms with Gasteiger partial charge in [-0.15, -0.1) is 11.8 Å². The van der Waals surface area contributed by atoms with Crippen LogP contribution in [0.2, 0.25) is 0 Å². The lowest BCUT2D eigenvalue weighted by atomic mass is 10.0. The fraction of sp³-hybridized carbons (Fsp3) is 0.294. The number of rotatable bonds is 5. The zero-order valence-corrected chi connectivity index (χ0v) is 12.9. The summed E-state index contributed by atoms with van der Waals surface area (Å²) in [6.45, 7) is 4.22. The number of hydrogen-bond donors (Lipinski definition) is 1. The maximum Gasteiger partial charge on any atom is 0.136 e. The third-order valence-electron chi connectivity index (χ3n) is 3.39. The Hall–Kier alpha value is -1.32. The van der Waals surface area contributed by atoms with Gasteiger partial charge >= 0.3 is 0 Å². The van der Waals surface area contributed by atoms with E-state index in [1.54, 1.807) is 17.8 Å². The topological polar surface area (TPSA) is 12.0 Å². The summed E-state index contributed by atoms with van der Waals surface area (Å²) in [5, 5.41) is 3.33. The van der Waals surface area contributed by atoms with Crippen molar-refractivity contribution in [3.63, 3.8) is 0 Å². The zero-order valence-electron chi connectivity index (χ0n) is 12.1. The molecule has 1 unspecified atom stereocenters. The van der Waals surface area contributed by atoms with Crippen molar-refractivity contribution in [2.45, 2.75) is 24.8 Å². The predicted molar refractivity (Wildman–Crippen MR) is 84.8 cm³/mol. The Kier molecular flexibility index (Phi) is 5.21. The second-order valence-corrected chi connectivity index (χ2v) is 6.00. The maximum atomic E-state index is 13.6. The van der Waals surface area contributed by atoms with E-state index in [1.807, 2.05) is 19.2 Å². The molecule has 0 aliphatic heterocycles. The molecule has 0 heterocycles. The molecule has 3 heteroatoms. The SMILES string of the molecule is CNC(CSc1ccccc1F)c1ccc(C)cc1C. The molecule has 1 atom stereocenters. The highest BCUT2D eigenvalue weighted by molar-refractivity contribution is 7.99. The summed E-state index contributed by atoms with van der Waals surface area (Å²) in [6, 6.07) is 13.6. The summed E-state index contributed by atoms with van der Waals surface area (Å²) >= 11 is 1.55. The standard InChI is InChI=1S/C17H20FNS/c1-12-8-9-14(13(2)10-12)16(19-3)11-20-17-7-5-4-6-15(17)18/h4-10,16,19H,11H2,1-3H3. The van der Waals surface area contributed by atoms with Crippen molar-refractivity contribution in [1.82, 2.24) is 5.32 Å². The summed E-state index contributed by atoms with van der Waals surface area (Å²) in [7, 11) is 1.95. The second-order valence-electron chi connectivity index (χ2n) is 4.94. The van der Waals surface area contributed by atoms with Crippen LogP contribution >= 0.6 is 11.8 Å². The summed E-state index contributed by atoms with van der Waals surface area (Å²) in [5.41, 5.74) is 3.82. The number of benzene rings is 2. The molecule has 2 aromatic carbocycles. The maximum absolute atomic E-state index is 13.6. The number of hydrogen-bond acceptors (Lipinski definition) is 2. The van der Waals surface area contributed by atoms with E-state index in [0.29, 0.717) is 4.90 Å². The predicted octanol–water partition coefficient (Wildman–Crippen LogP) is 4.50. The van der Waals surface area contributed by atoms with E-state index in [9.17, 15) is 4.39 Å². The Morgan fingerprint density at radius 1 is 1.15 bits per heavy atom. The molecular formula is C17H20FNS. The molecule has 1 nitrogen and oxygen atoms in total. The van der Waals surface area contributed by atoms with E-state index in [2.05, 4.69) is 37.4 Å². The van der Waals surface area contributed by atoms with Crippen molar-refractivity contribution in [1.29, 1.82) is 0 Å². The third kappa shape index (κ3) is 3.62. The van der Waals surface area contributed by atoms with Gasteiger partial charge in [0.2, 0.25) is 0 Å². The van der Waals surface area contributed by atoms with Crippen LogP contribution in [0.5, 0.6) is 0 Å². The van der Waals surface area contributed by atoms with E-state index in [0.717, 1.165) is 5.75 Å². The van der Waals surface area contributed by atoms with Crippen LogP contribution < -0.4 is 5.32 Å². The first-order valence-electron chi connectivity index (χ1n) is 6.73. The van der Waals surface area contributed by atoms with Crippen molar-refractivity contribution < 1.29 is 4.39 Å². The summed E-state index contributed by atoms with van der Waals surface area (Å²) in [5.74, 6) is 0.661. The van der Waals surface area contributed by atoms with Gasteiger partial charge in [0.05, 0.1) is 0 Å². The fourth-order valence-electron chi connectivity index (χ4n) is 2.28. The minimum absolute atomic E-state index is 0.145. The molecule has 106 valence electrons. The van der Waals surface area contributed by atoms with Crippen LogP contribution in [0.3, 0.4) is 0 Å². The van der Waals surface area contributed by atoms with Crippen molar-refractivity contribution in [3.8, 4) is 0 Å². The minimum Gasteiger partial charge on any atom is -0.312 e. The summed E-state index contributed by atoms with van der Waals surface area (Å²) in [6.07, 6.45) is 0. The molecule has 2 rings (SSSR count). The first-order chi connectivity index (χ1) is 9.61. The second kappa shape index (κ2) is 6.91. The van der Waals surface area contributed by atoms with Gasteiger partial charge in [-0.1, -0.05) is 35.9 Å². The quantitative estimate of drug-likeness (QED) is 0.814. The first-order valence-corrected chi connectivity index (χ1v) is 7.72. The molecule has 0 aromatic heterocycles. The molecular weight excluding hydrogens is 269 g/mol. The molecule has 0 saturated heterocycles. The van der Waals surface area contributed by atoms with E-state index in [4.69, 9.17) is 0 Å². The van der Waals surface area contributed by atoms with Gasteiger partial charge in [0.1, 0.15) is 5.82 Å². The molecule has 20 heavy (non-hydrogen) atoms. The average molecular weight is 289 g/mol. The molecule has 0 radical (unpaired) electrons. The highest BCUT2D eigenvalue weighted by Crippen LogP contribution is 2.28. The van der Waals surface area contributed by atoms with E-state index in [-0.39, 0.29) is 11.9 Å². The van der Waals surface area contributed by atoms with Gasteiger partial charge in [-0.25, -0.2) is 4.39 Å². The number of thioether (sulfide) groups is 1. The number of nitrogens with one attached hydrogen (secondary N) is 1. The van der Waals surface area contributed by atoms with Crippen molar-refractivity contribution in [3.05, 3.63) is 65.0 Å². The first kappa shape index (κ1) is 15.1. The van der Waals surface area contributed by atoms with Crippen LogP contribution in [0.25, 0.3) is 0 Å². The van der Waals surface area contributed by atoms with Gasteiger partial charge in [0, 0.05) is 16.7 Å². The molecule has 0 aliphatic carbocycles. The lowest BCUT2D eigenvalue weighted by Crippen LogP contribution is -2.19. The van der Waals surface area contributed by atoms with Gasteiger partial charge in [0.15, 0.2) is 0 Å². The Bertz CT molecular complexity index is 583. The Balaban J connectivity index is 2.11. The van der Waals surface area contributed by atoms with Crippen molar-refractivity contribution in [2.24, 2.45) is 0 Å². The van der Waals surface area contributed by atoms with Gasteiger partial charge in [-0.05, 0) is 44.2 Å². The summed E-state index contributed by atoms with van der Waals surface area (Å²) < 4.78 is 13.6. The van der Waals surface area contributed by atoms with Crippen LogP contribution in [0.15, 0.2) is 47.4 Å². The van der Waals surface area contributed by atoms with Crippen molar-refractivity contribution in [2.75, 3.05) is 12.8 Å². The van der Waals surface area contributed by atoms with Crippen molar-refractivity contribution >= 4 is 11.8 Å². The molecule has 0 bridgehead atoms. The molecule has 0 saturated carbocycles. The van der Waals surface area contributed by atoms with E-state index < -0.39 is 0 Å². The Morgan fingerprint density at radius 2 is 1.90 bits per heavy atom. The Morgan fingerprint density at radius 3 is 2.55 bits per heavy atom. The molecule has 2 aromatic rings. The van der Waals surface area contributed by atoms with Crippen LogP contribution in [-0.2, 0) is 0 Å². The molecule has 0 aliphatic rings. The minimum atomic E-state index is -0.145. The van der Waals surface area contributed by atoms with E-state index >= 15 is 0 Å². The lowest BCUT2D eigenvalue weighted by Gasteiger charge is -2.19. The van der Waals surface area contributed by atoms with Crippen LogP contribution in [0.1, 0.15) is 22.7 Å². The highest BCUT2D eigenvalue weighted by atomic mass is 32.2. The van der Waals surface area contributed by atoms with E-state index in [1.165, 1.54) is 22.8 Å². The van der Waals surface area contributed by atoms with Gasteiger partial charge in [0.25, 0.3) is 0 Å². The summed E-state index contributed by atoms with van der Waals surface area (Å²) in [4.78, 5) is 0.706. The molecule has 0 fully saturated rings.